The lowest BCUT2D eigenvalue weighted by Gasteiger charge is -2.07. The molecule has 2 aromatic carbocycles. The number of benzene rings is 2. The first-order chi connectivity index (χ1) is 14.1. The highest BCUT2D eigenvalue weighted by Gasteiger charge is 2.10. The van der Waals surface area contributed by atoms with E-state index < -0.39 is 0 Å². The fraction of sp³-hybridized carbons (Fsp3) is 0.400. The Labute approximate surface area is 174 Å². The van der Waals surface area contributed by atoms with Crippen molar-refractivity contribution < 1.29 is 13.9 Å². The van der Waals surface area contributed by atoms with Crippen molar-refractivity contribution in [2.24, 2.45) is 0 Å². The molecule has 1 heterocycles. The molecular formula is C25H33NO3. The molecule has 4 heteroatoms. The quantitative estimate of drug-likeness (QED) is 0.363. The number of carbonyl (C=O) groups excluding carboxylic acids is 1. The molecule has 156 valence electrons. The van der Waals surface area contributed by atoms with Gasteiger partial charge in [0.15, 0.2) is 0 Å². The van der Waals surface area contributed by atoms with Gasteiger partial charge in [0, 0.05) is 5.39 Å². The minimum Gasteiger partial charge on any atom is -0.494 e. The monoisotopic (exact) mass is 395 g/mol. The smallest absolute Gasteiger partial charge is 0.134 e. The van der Waals surface area contributed by atoms with Gasteiger partial charge in [-0.15, -0.1) is 0 Å². The molecule has 0 aliphatic carbocycles. The van der Waals surface area contributed by atoms with E-state index in [1.807, 2.05) is 7.05 Å². The van der Waals surface area contributed by atoms with Crippen LogP contribution in [0.1, 0.15) is 56.5 Å². The minimum absolute atomic E-state index is 0.226. The van der Waals surface area contributed by atoms with Crippen LogP contribution < -0.4 is 10.1 Å². The molecular weight excluding hydrogens is 362 g/mol. The topological polar surface area (TPSA) is 51.5 Å². The predicted octanol–water partition coefficient (Wildman–Crippen LogP) is 5.88. The molecule has 0 radical (unpaired) electrons. The maximum Gasteiger partial charge on any atom is 0.134 e. The fourth-order valence-corrected chi connectivity index (χ4v) is 2.98. The molecule has 4 nitrogen and oxygen atoms in total. The molecule has 29 heavy (non-hydrogen) atoms. The third-order valence-electron chi connectivity index (χ3n) is 4.86. The number of carbonyl (C=O) groups is 1. The summed E-state index contributed by atoms with van der Waals surface area (Å²) in [5.74, 6) is 1.95. The second kappa shape index (κ2) is 12.1. The van der Waals surface area contributed by atoms with E-state index in [-0.39, 0.29) is 6.04 Å². The Morgan fingerprint density at radius 1 is 1.07 bits per heavy atom. The maximum atomic E-state index is 8.81. The van der Waals surface area contributed by atoms with Gasteiger partial charge in [0.1, 0.15) is 23.4 Å². The molecule has 3 rings (SSSR count). The predicted molar refractivity (Wildman–Crippen MR) is 120 cm³/mol. The van der Waals surface area contributed by atoms with Gasteiger partial charge in [-0.25, -0.2) is 0 Å². The summed E-state index contributed by atoms with van der Waals surface area (Å²) in [6, 6.07) is 17.4. The van der Waals surface area contributed by atoms with Crippen molar-refractivity contribution in [2.75, 3.05) is 13.7 Å². The summed E-state index contributed by atoms with van der Waals surface area (Å²) < 4.78 is 11.7. The highest BCUT2D eigenvalue weighted by molar-refractivity contribution is 5.78. The number of hydrogen-bond donors (Lipinski definition) is 1. The zero-order valence-corrected chi connectivity index (χ0v) is 18.0. The SMILES string of the molecule is CC=O.CCCCOc1ccc(CCc2ccc3cc(C(C)NC)oc3c2)cc1. The van der Waals surface area contributed by atoms with Gasteiger partial charge in [-0.3, -0.25) is 0 Å². The van der Waals surface area contributed by atoms with E-state index in [1.54, 1.807) is 0 Å². The number of nitrogens with one attached hydrogen (secondary N) is 1. The van der Waals surface area contributed by atoms with Gasteiger partial charge in [0.25, 0.3) is 0 Å². The molecule has 1 aromatic heterocycles. The molecule has 0 fully saturated rings. The van der Waals surface area contributed by atoms with Gasteiger partial charge in [-0.1, -0.05) is 37.6 Å². The van der Waals surface area contributed by atoms with E-state index >= 15 is 0 Å². The first-order valence-electron chi connectivity index (χ1n) is 10.4. The zero-order chi connectivity index (χ0) is 21.1. The normalized spacial score (nSPS) is 11.6. The summed E-state index contributed by atoms with van der Waals surface area (Å²) in [5.41, 5.74) is 3.61. The third kappa shape index (κ3) is 7.06. The third-order valence-corrected chi connectivity index (χ3v) is 4.86. The molecule has 1 unspecified atom stereocenters. The average molecular weight is 396 g/mol. The molecule has 1 atom stereocenters. The van der Waals surface area contributed by atoms with Crippen molar-refractivity contribution in [3.8, 4) is 5.75 Å². The second-order valence-corrected chi connectivity index (χ2v) is 7.11. The van der Waals surface area contributed by atoms with Crippen molar-refractivity contribution in [2.45, 2.75) is 52.5 Å². The first-order valence-corrected chi connectivity index (χ1v) is 10.4. The lowest BCUT2D eigenvalue weighted by molar-refractivity contribution is -0.106. The summed E-state index contributed by atoms with van der Waals surface area (Å²) in [6.45, 7) is 6.52. The van der Waals surface area contributed by atoms with Crippen LogP contribution in [0.3, 0.4) is 0 Å². The molecule has 3 aromatic rings. The molecule has 0 saturated heterocycles. The Kier molecular flexibility index (Phi) is 9.45. The number of hydrogen-bond acceptors (Lipinski definition) is 4. The van der Waals surface area contributed by atoms with E-state index in [1.165, 1.54) is 23.4 Å². The van der Waals surface area contributed by atoms with Gasteiger partial charge in [-0.05, 0) is 75.5 Å². The van der Waals surface area contributed by atoms with Crippen LogP contribution in [0, 0.1) is 0 Å². The Morgan fingerprint density at radius 3 is 2.38 bits per heavy atom. The van der Waals surface area contributed by atoms with Gasteiger partial charge in [-0.2, -0.15) is 0 Å². The number of aldehydes is 1. The van der Waals surface area contributed by atoms with Crippen LogP contribution in [0.25, 0.3) is 11.0 Å². The van der Waals surface area contributed by atoms with Crippen molar-refractivity contribution >= 4 is 17.3 Å². The minimum atomic E-state index is 0.226. The van der Waals surface area contributed by atoms with Crippen LogP contribution in [-0.4, -0.2) is 19.9 Å². The van der Waals surface area contributed by atoms with E-state index in [2.05, 4.69) is 67.7 Å². The van der Waals surface area contributed by atoms with Crippen molar-refractivity contribution in [3.63, 3.8) is 0 Å². The van der Waals surface area contributed by atoms with Gasteiger partial charge < -0.3 is 19.3 Å². The molecule has 0 saturated carbocycles. The summed E-state index contributed by atoms with van der Waals surface area (Å²) in [5, 5.41) is 4.39. The zero-order valence-electron chi connectivity index (χ0n) is 18.0. The molecule has 1 N–H and O–H groups in total. The molecule has 0 amide bonds. The summed E-state index contributed by atoms with van der Waals surface area (Å²) in [6.07, 6.45) is 5.03. The van der Waals surface area contributed by atoms with E-state index in [9.17, 15) is 0 Å². The van der Waals surface area contributed by atoms with Crippen LogP contribution in [-0.2, 0) is 17.6 Å². The number of ether oxygens (including phenoxy) is 1. The Bertz CT molecular complexity index is 867. The van der Waals surface area contributed by atoms with E-state index in [0.29, 0.717) is 0 Å². The van der Waals surface area contributed by atoms with E-state index in [4.69, 9.17) is 13.9 Å². The maximum absolute atomic E-state index is 8.81. The Hall–Kier alpha value is -2.59. The lowest BCUT2D eigenvalue weighted by Crippen LogP contribution is -2.10. The van der Waals surface area contributed by atoms with Crippen molar-refractivity contribution in [1.82, 2.24) is 5.32 Å². The van der Waals surface area contributed by atoms with Gasteiger partial charge in [0.05, 0.1) is 12.6 Å². The number of aryl methyl sites for hydroxylation is 2. The standard InChI is InChI=1S/C23H29NO2.C2H4O/c1-4-5-14-25-21-12-9-18(10-13-21)6-7-19-8-11-20-16-22(17(2)24-3)26-23(20)15-19;1-2-3/h8-13,15-17,24H,4-7,14H2,1-3H3;2H,1H3. The van der Waals surface area contributed by atoms with Crippen molar-refractivity contribution in [1.29, 1.82) is 0 Å². The fourth-order valence-electron chi connectivity index (χ4n) is 2.98. The molecule has 0 spiro atoms. The van der Waals surface area contributed by atoms with Gasteiger partial charge >= 0.3 is 0 Å². The summed E-state index contributed by atoms with van der Waals surface area (Å²) >= 11 is 0. The number of rotatable bonds is 9. The van der Waals surface area contributed by atoms with Crippen LogP contribution in [0.15, 0.2) is 52.9 Å². The second-order valence-electron chi connectivity index (χ2n) is 7.11. The number of unbranched alkanes of at least 4 members (excludes halogenated alkanes) is 1. The highest BCUT2D eigenvalue weighted by atomic mass is 16.5. The van der Waals surface area contributed by atoms with E-state index in [0.717, 1.165) is 55.7 Å². The van der Waals surface area contributed by atoms with Crippen LogP contribution >= 0.6 is 0 Å². The van der Waals surface area contributed by atoms with Gasteiger partial charge in [0.2, 0.25) is 0 Å². The van der Waals surface area contributed by atoms with Crippen LogP contribution in [0.2, 0.25) is 0 Å². The molecule has 0 aliphatic heterocycles. The first kappa shape index (κ1) is 22.7. The van der Waals surface area contributed by atoms with Crippen molar-refractivity contribution in [3.05, 3.63) is 65.4 Å². The molecule has 0 aliphatic rings. The Morgan fingerprint density at radius 2 is 1.72 bits per heavy atom. The average Bonchev–Trinajstić information content (AvgIpc) is 3.17. The Balaban J connectivity index is 0.000000941. The van der Waals surface area contributed by atoms with Crippen LogP contribution in [0.5, 0.6) is 5.75 Å². The summed E-state index contributed by atoms with van der Waals surface area (Å²) in [7, 11) is 1.95. The lowest BCUT2D eigenvalue weighted by atomic mass is 10.0. The molecule has 0 bridgehead atoms. The number of furan rings is 1. The number of fused-ring (bicyclic) bond motifs is 1. The summed E-state index contributed by atoms with van der Waals surface area (Å²) in [4.78, 5) is 8.81. The largest absolute Gasteiger partial charge is 0.494 e. The highest BCUT2D eigenvalue weighted by Crippen LogP contribution is 2.25. The van der Waals surface area contributed by atoms with Crippen LogP contribution in [0.4, 0.5) is 0 Å².